The number of likely N-dealkylation sites (tertiary alicyclic amines) is 1. The molecule has 1 fully saturated rings. The molecule has 1 aromatic carbocycles. The van der Waals surface area contributed by atoms with E-state index in [9.17, 15) is 4.79 Å². The van der Waals surface area contributed by atoms with Crippen LogP contribution in [0, 0.1) is 0 Å². The highest BCUT2D eigenvalue weighted by molar-refractivity contribution is 7.13. The van der Waals surface area contributed by atoms with Gasteiger partial charge >= 0.3 is 0 Å². The van der Waals surface area contributed by atoms with E-state index in [-0.39, 0.29) is 12.0 Å². The summed E-state index contributed by atoms with van der Waals surface area (Å²) in [5.74, 6) is 1.06. The summed E-state index contributed by atoms with van der Waals surface area (Å²) in [5, 5.41) is 3.78. The summed E-state index contributed by atoms with van der Waals surface area (Å²) in [5.41, 5.74) is 4.11. The number of amides is 1. The van der Waals surface area contributed by atoms with Crippen molar-refractivity contribution >= 4 is 34.0 Å². The summed E-state index contributed by atoms with van der Waals surface area (Å²) in [6.45, 7) is 2.09. The highest BCUT2D eigenvalue weighted by atomic mass is 32.1. The second kappa shape index (κ2) is 9.02. The van der Waals surface area contributed by atoms with E-state index in [2.05, 4.69) is 32.2 Å². The smallest absolute Gasteiger partial charge is 0.256 e. The van der Waals surface area contributed by atoms with Crippen LogP contribution in [0.3, 0.4) is 0 Å². The van der Waals surface area contributed by atoms with Gasteiger partial charge in [0.15, 0.2) is 0 Å². The molecule has 1 aliphatic rings. The fourth-order valence-electron chi connectivity index (χ4n) is 3.76. The largest absolute Gasteiger partial charge is 0.490 e. The van der Waals surface area contributed by atoms with Gasteiger partial charge in [-0.05, 0) is 56.3 Å². The first-order chi connectivity index (χ1) is 15.6. The molecule has 8 heteroatoms. The molecule has 32 heavy (non-hydrogen) atoms. The quantitative estimate of drug-likeness (QED) is 0.488. The van der Waals surface area contributed by atoms with E-state index in [1.165, 1.54) is 0 Å². The van der Waals surface area contributed by atoms with Crippen molar-refractivity contribution in [3.63, 3.8) is 0 Å². The van der Waals surface area contributed by atoms with Crippen LogP contribution in [0.2, 0.25) is 0 Å². The van der Waals surface area contributed by atoms with Gasteiger partial charge in [-0.2, -0.15) is 0 Å². The minimum Gasteiger partial charge on any atom is -0.490 e. The maximum absolute atomic E-state index is 12.7. The molecule has 4 aromatic rings. The number of nitrogens with zero attached hydrogens (tertiary/aromatic N) is 4. The van der Waals surface area contributed by atoms with Crippen molar-refractivity contribution in [2.75, 3.05) is 25.5 Å². The average Bonchev–Trinajstić information content (AvgIpc) is 3.36. The number of benzene rings is 1. The van der Waals surface area contributed by atoms with Crippen LogP contribution in [0.15, 0.2) is 60.5 Å². The van der Waals surface area contributed by atoms with Crippen LogP contribution in [0.1, 0.15) is 23.2 Å². The molecule has 0 atom stereocenters. The summed E-state index contributed by atoms with van der Waals surface area (Å²) < 4.78 is 6.07. The molecule has 0 unspecified atom stereocenters. The molecule has 1 aliphatic heterocycles. The van der Waals surface area contributed by atoms with E-state index in [4.69, 9.17) is 4.74 Å². The Labute approximate surface area is 190 Å². The summed E-state index contributed by atoms with van der Waals surface area (Å²) in [4.78, 5) is 29.0. The van der Waals surface area contributed by atoms with Crippen molar-refractivity contribution in [1.29, 1.82) is 0 Å². The van der Waals surface area contributed by atoms with Crippen LogP contribution in [0.5, 0.6) is 5.75 Å². The van der Waals surface area contributed by atoms with Crippen LogP contribution in [-0.4, -0.2) is 52.0 Å². The van der Waals surface area contributed by atoms with Gasteiger partial charge in [0.25, 0.3) is 5.91 Å². The predicted octanol–water partition coefficient (Wildman–Crippen LogP) is 4.48. The van der Waals surface area contributed by atoms with Gasteiger partial charge in [0.05, 0.1) is 22.1 Å². The molecule has 0 saturated carbocycles. The van der Waals surface area contributed by atoms with E-state index >= 15 is 0 Å². The van der Waals surface area contributed by atoms with Gasteiger partial charge in [0.1, 0.15) is 17.7 Å². The number of rotatable bonds is 5. The number of carbonyl (C=O) groups excluding carboxylic acids is 1. The Morgan fingerprint density at radius 3 is 2.66 bits per heavy atom. The third-order valence-corrected chi connectivity index (χ3v) is 6.43. The number of ether oxygens (including phenoxy) is 1. The zero-order valence-corrected chi connectivity index (χ0v) is 18.5. The summed E-state index contributed by atoms with van der Waals surface area (Å²) in [6.07, 6.45) is 7.57. The molecule has 0 bridgehead atoms. The fraction of sp³-hybridized carbons (Fsp3) is 0.250. The average molecular weight is 446 g/mol. The lowest BCUT2D eigenvalue weighted by atomic mass is 10.1. The van der Waals surface area contributed by atoms with Crippen LogP contribution >= 0.6 is 11.3 Å². The molecule has 0 spiro atoms. The number of thiazole rings is 1. The van der Waals surface area contributed by atoms with Gasteiger partial charge in [-0.1, -0.05) is 0 Å². The number of nitrogens with one attached hydrogen (secondary N) is 1. The standard InChI is InChI=1S/C24H23N5O2S/c1-29-8-6-20(7-9-29)31-19-4-2-16(3-5-19)24(30)28-23-11-17-10-18(22-14-25-15-32-22)12-26-21(17)13-27-23/h2-5,10-15,20H,6-9H2,1H3,(H,27,28,30). The third kappa shape index (κ3) is 4.61. The number of carbonyl (C=O) groups is 1. The Kier molecular flexibility index (Phi) is 5.79. The topological polar surface area (TPSA) is 80.2 Å². The molecule has 1 N–H and O–H groups in total. The lowest BCUT2D eigenvalue weighted by molar-refractivity contribution is 0.102. The number of aromatic nitrogens is 3. The first-order valence-electron chi connectivity index (χ1n) is 10.6. The molecule has 0 radical (unpaired) electrons. The number of hydrogen-bond acceptors (Lipinski definition) is 7. The number of pyridine rings is 2. The molecule has 1 saturated heterocycles. The highest BCUT2D eigenvalue weighted by Gasteiger charge is 2.18. The van der Waals surface area contributed by atoms with Crippen LogP contribution in [0.4, 0.5) is 5.82 Å². The van der Waals surface area contributed by atoms with Gasteiger partial charge < -0.3 is 15.0 Å². The van der Waals surface area contributed by atoms with Crippen molar-refractivity contribution in [1.82, 2.24) is 19.9 Å². The first kappa shape index (κ1) is 20.5. The Hall–Kier alpha value is -3.36. The van der Waals surface area contributed by atoms with Crippen molar-refractivity contribution in [3.8, 4) is 16.2 Å². The van der Waals surface area contributed by atoms with Crippen LogP contribution < -0.4 is 10.1 Å². The lowest BCUT2D eigenvalue weighted by Gasteiger charge is -2.29. The zero-order valence-electron chi connectivity index (χ0n) is 17.7. The van der Waals surface area contributed by atoms with Gasteiger partial charge in [0, 0.05) is 42.0 Å². The van der Waals surface area contributed by atoms with Crippen LogP contribution in [-0.2, 0) is 0 Å². The van der Waals surface area contributed by atoms with E-state index in [1.54, 1.807) is 35.2 Å². The first-order valence-corrected chi connectivity index (χ1v) is 11.4. The van der Waals surface area contributed by atoms with Gasteiger partial charge in [-0.15, -0.1) is 11.3 Å². The van der Waals surface area contributed by atoms with Gasteiger partial charge in [-0.25, -0.2) is 4.98 Å². The molecular formula is C24H23N5O2S. The van der Waals surface area contributed by atoms with E-state index < -0.39 is 0 Å². The molecule has 3 aromatic heterocycles. The lowest BCUT2D eigenvalue weighted by Crippen LogP contribution is -2.35. The molecule has 1 amide bonds. The number of hydrogen-bond donors (Lipinski definition) is 1. The number of fused-ring (bicyclic) bond motifs is 1. The zero-order chi connectivity index (χ0) is 21.9. The van der Waals surface area contributed by atoms with Crippen molar-refractivity contribution in [2.45, 2.75) is 18.9 Å². The van der Waals surface area contributed by atoms with Crippen LogP contribution in [0.25, 0.3) is 21.3 Å². The Bertz CT molecular complexity index is 1220. The minimum absolute atomic E-state index is 0.214. The van der Waals surface area contributed by atoms with E-state index in [0.29, 0.717) is 11.4 Å². The molecule has 162 valence electrons. The summed E-state index contributed by atoms with van der Waals surface area (Å²) in [7, 11) is 2.13. The van der Waals surface area contributed by atoms with E-state index in [0.717, 1.165) is 53.0 Å². The van der Waals surface area contributed by atoms with Crippen molar-refractivity contribution in [3.05, 3.63) is 66.1 Å². The monoisotopic (exact) mass is 445 g/mol. The molecule has 5 rings (SSSR count). The second-order valence-electron chi connectivity index (χ2n) is 7.95. The molecule has 4 heterocycles. The summed E-state index contributed by atoms with van der Waals surface area (Å²) in [6, 6.07) is 11.1. The maximum Gasteiger partial charge on any atom is 0.256 e. The molecular weight excluding hydrogens is 422 g/mol. The maximum atomic E-state index is 12.7. The van der Waals surface area contributed by atoms with Gasteiger partial charge in [0.2, 0.25) is 0 Å². The normalized spacial score (nSPS) is 15.0. The summed E-state index contributed by atoms with van der Waals surface area (Å²) >= 11 is 1.56. The highest BCUT2D eigenvalue weighted by Crippen LogP contribution is 2.26. The molecule has 7 nitrogen and oxygen atoms in total. The molecule has 0 aliphatic carbocycles. The number of anilines is 1. The Morgan fingerprint density at radius 2 is 1.91 bits per heavy atom. The van der Waals surface area contributed by atoms with Crippen molar-refractivity contribution in [2.24, 2.45) is 0 Å². The SMILES string of the molecule is CN1CCC(Oc2ccc(C(=O)Nc3cc4cc(-c5cncs5)cnc4cn3)cc2)CC1. The van der Waals surface area contributed by atoms with Crippen molar-refractivity contribution < 1.29 is 9.53 Å². The fourth-order valence-corrected chi connectivity index (χ4v) is 4.37. The Morgan fingerprint density at radius 1 is 1.09 bits per heavy atom. The Balaban J connectivity index is 1.26. The minimum atomic E-state index is -0.214. The third-order valence-electron chi connectivity index (χ3n) is 5.61. The second-order valence-corrected chi connectivity index (χ2v) is 8.84. The number of piperidine rings is 1. The van der Waals surface area contributed by atoms with Gasteiger partial charge in [-0.3, -0.25) is 14.8 Å². The predicted molar refractivity (Wildman–Crippen MR) is 126 cm³/mol. The van der Waals surface area contributed by atoms with E-state index in [1.807, 2.05) is 36.7 Å².